The van der Waals surface area contributed by atoms with E-state index in [2.05, 4.69) is 20.4 Å². The Balaban J connectivity index is 1.62. The van der Waals surface area contributed by atoms with Gasteiger partial charge in [-0.2, -0.15) is 5.10 Å². The number of nitrogens with one attached hydrogen (secondary N) is 1. The van der Waals surface area contributed by atoms with E-state index in [4.69, 9.17) is 10.5 Å². The molecule has 32 heavy (non-hydrogen) atoms. The number of aryl methyl sites for hydroxylation is 1. The maximum absolute atomic E-state index is 12.6. The number of aromatic nitrogens is 5. The maximum Gasteiger partial charge on any atom is 0.252 e. The lowest BCUT2D eigenvalue weighted by atomic mass is 10.1. The third kappa shape index (κ3) is 4.05. The van der Waals surface area contributed by atoms with E-state index in [1.165, 1.54) is 6.33 Å². The number of aliphatic hydroxyl groups excluding tert-OH is 2. The highest BCUT2D eigenvalue weighted by molar-refractivity contribution is 5.99. The Morgan fingerprint density at radius 2 is 2.09 bits per heavy atom. The van der Waals surface area contributed by atoms with Crippen LogP contribution in [-0.4, -0.2) is 90.8 Å². The summed E-state index contributed by atoms with van der Waals surface area (Å²) in [7, 11) is 5.69. The molecule has 3 aromatic rings. The molecule has 1 fully saturated rings. The average Bonchev–Trinajstić information content (AvgIpc) is 3.42. The summed E-state index contributed by atoms with van der Waals surface area (Å²) in [5.41, 5.74) is 7.82. The maximum atomic E-state index is 12.6. The zero-order chi connectivity index (χ0) is 23.0. The number of amides is 1. The van der Waals surface area contributed by atoms with Crippen LogP contribution in [0.15, 0.2) is 24.8 Å². The van der Waals surface area contributed by atoms with Gasteiger partial charge in [-0.15, -0.1) is 0 Å². The molecule has 1 saturated heterocycles. The summed E-state index contributed by atoms with van der Waals surface area (Å²) < 4.78 is 9.04. The van der Waals surface area contributed by atoms with E-state index >= 15 is 0 Å². The quantitative estimate of drug-likeness (QED) is 0.339. The van der Waals surface area contributed by atoms with E-state index in [0.29, 0.717) is 28.8 Å². The Hall–Kier alpha value is -3.06. The first-order valence-electron chi connectivity index (χ1n) is 10.3. The summed E-state index contributed by atoms with van der Waals surface area (Å²) in [6.07, 6.45) is 0.527. The molecule has 1 amide bonds. The molecule has 172 valence electrons. The van der Waals surface area contributed by atoms with Crippen molar-refractivity contribution < 1.29 is 19.7 Å². The second-order valence-electron chi connectivity index (χ2n) is 8.16. The Morgan fingerprint density at radius 3 is 2.78 bits per heavy atom. The Morgan fingerprint density at radius 1 is 1.31 bits per heavy atom. The molecule has 1 aliphatic rings. The SMILES string of the molecule is CN(C)CCCNC(=O)[C@H]1O[C@@H](n2cc(-c3ccn(C)n3)c3c(N)ncnc32)[C@H](O)[C@@H]1O. The third-order valence-electron chi connectivity index (χ3n) is 5.48. The van der Waals surface area contributed by atoms with Gasteiger partial charge < -0.3 is 35.5 Å². The number of carbonyl (C=O) groups excluding carboxylic acids is 1. The first-order chi connectivity index (χ1) is 15.3. The van der Waals surface area contributed by atoms with E-state index in [0.717, 1.165) is 13.0 Å². The van der Waals surface area contributed by atoms with Gasteiger partial charge in [0, 0.05) is 31.5 Å². The van der Waals surface area contributed by atoms with Gasteiger partial charge in [-0.05, 0) is 33.1 Å². The van der Waals surface area contributed by atoms with Gasteiger partial charge in [-0.25, -0.2) is 9.97 Å². The molecule has 0 saturated carbocycles. The minimum Gasteiger partial charge on any atom is -0.387 e. The fourth-order valence-electron chi connectivity index (χ4n) is 3.87. The van der Waals surface area contributed by atoms with Crippen molar-refractivity contribution in [2.45, 2.75) is 31.0 Å². The van der Waals surface area contributed by atoms with Crippen LogP contribution in [0.25, 0.3) is 22.3 Å². The average molecular weight is 444 g/mol. The highest BCUT2D eigenvalue weighted by Crippen LogP contribution is 2.37. The summed E-state index contributed by atoms with van der Waals surface area (Å²) >= 11 is 0. The van der Waals surface area contributed by atoms with Gasteiger partial charge in [0.25, 0.3) is 5.91 Å². The van der Waals surface area contributed by atoms with E-state index < -0.39 is 30.4 Å². The molecule has 1 aliphatic heterocycles. The zero-order valence-electron chi connectivity index (χ0n) is 18.2. The lowest BCUT2D eigenvalue weighted by molar-refractivity contribution is -0.137. The molecule has 0 radical (unpaired) electrons. The molecular formula is C20H28N8O4. The van der Waals surface area contributed by atoms with E-state index in [1.54, 1.807) is 28.7 Å². The molecule has 4 atom stereocenters. The summed E-state index contributed by atoms with van der Waals surface area (Å²) in [5, 5.41) is 29.0. The van der Waals surface area contributed by atoms with Gasteiger partial charge in [0.1, 0.15) is 30.0 Å². The number of nitrogens with two attached hydrogens (primary N) is 1. The monoisotopic (exact) mass is 444 g/mol. The number of nitrogen functional groups attached to an aromatic ring is 1. The van der Waals surface area contributed by atoms with Crippen LogP contribution in [0.2, 0.25) is 0 Å². The first kappa shape index (κ1) is 22.1. The zero-order valence-corrected chi connectivity index (χ0v) is 18.2. The Kier molecular flexibility index (Phi) is 6.11. The topological polar surface area (TPSA) is 157 Å². The van der Waals surface area contributed by atoms with E-state index in [1.807, 2.05) is 25.1 Å². The minimum atomic E-state index is -1.40. The molecule has 5 N–H and O–H groups in total. The van der Waals surface area contributed by atoms with Gasteiger partial charge in [-0.3, -0.25) is 9.48 Å². The number of anilines is 1. The van der Waals surface area contributed by atoms with Crippen LogP contribution in [0.1, 0.15) is 12.6 Å². The second-order valence-corrected chi connectivity index (χ2v) is 8.16. The fourth-order valence-corrected chi connectivity index (χ4v) is 3.87. The number of fused-ring (bicyclic) bond motifs is 1. The van der Waals surface area contributed by atoms with Crippen molar-refractivity contribution in [1.82, 2.24) is 34.5 Å². The predicted molar refractivity (Wildman–Crippen MR) is 116 cm³/mol. The molecule has 0 aliphatic carbocycles. The summed E-state index contributed by atoms with van der Waals surface area (Å²) in [4.78, 5) is 23.0. The van der Waals surface area contributed by atoms with E-state index in [9.17, 15) is 15.0 Å². The molecule has 0 spiro atoms. The number of rotatable bonds is 7. The molecule has 0 aromatic carbocycles. The van der Waals surface area contributed by atoms with Crippen LogP contribution in [0.5, 0.6) is 0 Å². The van der Waals surface area contributed by atoms with Crippen molar-refractivity contribution in [1.29, 1.82) is 0 Å². The highest BCUT2D eigenvalue weighted by Gasteiger charge is 2.47. The lowest BCUT2D eigenvalue weighted by Crippen LogP contribution is -2.43. The van der Waals surface area contributed by atoms with Crippen LogP contribution in [0.3, 0.4) is 0 Å². The molecule has 3 aromatic heterocycles. The van der Waals surface area contributed by atoms with Crippen molar-refractivity contribution in [2.24, 2.45) is 7.05 Å². The smallest absolute Gasteiger partial charge is 0.252 e. The summed E-state index contributed by atoms with van der Waals surface area (Å²) in [6.45, 7) is 1.25. The Labute approximate surface area is 184 Å². The lowest BCUT2D eigenvalue weighted by Gasteiger charge is -2.17. The number of carbonyl (C=O) groups is 1. The molecule has 4 rings (SSSR count). The van der Waals surface area contributed by atoms with Gasteiger partial charge >= 0.3 is 0 Å². The number of hydrogen-bond acceptors (Lipinski definition) is 9. The van der Waals surface area contributed by atoms with Crippen LogP contribution in [-0.2, 0) is 16.6 Å². The van der Waals surface area contributed by atoms with Gasteiger partial charge in [0.15, 0.2) is 12.3 Å². The minimum absolute atomic E-state index is 0.248. The van der Waals surface area contributed by atoms with Crippen LogP contribution >= 0.6 is 0 Å². The number of ether oxygens (including phenoxy) is 1. The first-order valence-corrected chi connectivity index (χ1v) is 10.3. The van der Waals surface area contributed by atoms with E-state index in [-0.39, 0.29) is 5.82 Å². The molecule has 4 heterocycles. The normalized spacial score (nSPS) is 23.3. The molecular weight excluding hydrogens is 416 g/mol. The van der Waals surface area contributed by atoms with Crippen LogP contribution < -0.4 is 11.1 Å². The van der Waals surface area contributed by atoms with Gasteiger partial charge in [0.2, 0.25) is 0 Å². The van der Waals surface area contributed by atoms with Crippen LogP contribution in [0, 0.1) is 0 Å². The summed E-state index contributed by atoms with van der Waals surface area (Å²) in [6, 6.07) is 1.82. The van der Waals surface area contributed by atoms with Gasteiger partial charge in [-0.1, -0.05) is 0 Å². The molecule has 0 unspecified atom stereocenters. The third-order valence-corrected chi connectivity index (χ3v) is 5.48. The molecule has 12 nitrogen and oxygen atoms in total. The largest absolute Gasteiger partial charge is 0.387 e. The van der Waals surface area contributed by atoms with Crippen molar-refractivity contribution in [3.8, 4) is 11.3 Å². The highest BCUT2D eigenvalue weighted by atomic mass is 16.6. The fraction of sp³-hybridized carbons (Fsp3) is 0.500. The van der Waals surface area contributed by atoms with Crippen LogP contribution in [0.4, 0.5) is 5.82 Å². The Bertz CT molecular complexity index is 1110. The van der Waals surface area contributed by atoms with Crippen molar-refractivity contribution >= 4 is 22.8 Å². The number of hydrogen-bond donors (Lipinski definition) is 4. The number of nitrogens with zero attached hydrogens (tertiary/aromatic N) is 6. The predicted octanol–water partition coefficient (Wildman–Crippen LogP) is -0.899. The standard InChI is InChI=1S/C20H28N8O4/c1-26(2)7-4-6-22-19(31)16-14(29)15(30)20(32-16)28-9-11(12-5-8-27(3)25-12)13-17(21)23-10-24-18(13)28/h5,8-10,14-16,20,29-30H,4,6-7H2,1-3H3,(H,22,31)(H2,21,23,24)/t14-,15+,16-,20+/m0/s1. The summed E-state index contributed by atoms with van der Waals surface area (Å²) in [5.74, 6) is -0.231. The number of aliphatic hydroxyl groups is 2. The second kappa shape index (κ2) is 8.82. The van der Waals surface area contributed by atoms with Gasteiger partial charge in [0.05, 0.1) is 11.1 Å². The van der Waals surface area contributed by atoms with Crippen molar-refractivity contribution in [2.75, 3.05) is 32.9 Å². The molecule has 0 bridgehead atoms. The van der Waals surface area contributed by atoms with Crippen molar-refractivity contribution in [3.05, 3.63) is 24.8 Å². The molecule has 12 heteroatoms. The van der Waals surface area contributed by atoms with Crippen molar-refractivity contribution in [3.63, 3.8) is 0 Å².